The molecular formula is C17H15N5. The Kier molecular flexibility index (Phi) is 3.01. The van der Waals surface area contributed by atoms with Gasteiger partial charge < -0.3 is 5.32 Å². The summed E-state index contributed by atoms with van der Waals surface area (Å²) in [6.45, 7) is 7.11. The SMILES string of the molecule is [C-]#[N+]c1cccc(Cc2cc(NC3CC3)n3nccc3n2)c1. The third kappa shape index (κ3) is 2.51. The summed E-state index contributed by atoms with van der Waals surface area (Å²) in [5, 5.41) is 7.83. The summed E-state index contributed by atoms with van der Waals surface area (Å²) >= 11 is 0. The standard InChI is InChI=1S/C17H15N5/c1-18-14-4-2-3-12(9-14)10-15-11-17(20-13-5-6-13)22-16(21-15)7-8-19-22/h2-4,7-9,11,13,20H,5-6,10H2. The van der Waals surface area contributed by atoms with Gasteiger partial charge in [-0.3, -0.25) is 0 Å². The van der Waals surface area contributed by atoms with E-state index >= 15 is 0 Å². The maximum absolute atomic E-state index is 7.11. The fraction of sp³-hybridized carbons (Fsp3) is 0.235. The zero-order valence-corrected chi connectivity index (χ0v) is 12.0. The molecule has 1 aliphatic rings. The van der Waals surface area contributed by atoms with Crippen molar-refractivity contribution in [3.8, 4) is 0 Å². The van der Waals surface area contributed by atoms with Crippen LogP contribution < -0.4 is 5.32 Å². The number of benzene rings is 1. The number of nitrogens with zero attached hydrogens (tertiary/aromatic N) is 4. The number of fused-ring (bicyclic) bond motifs is 1. The van der Waals surface area contributed by atoms with Crippen LogP contribution in [0.4, 0.5) is 11.5 Å². The molecule has 108 valence electrons. The van der Waals surface area contributed by atoms with Gasteiger partial charge in [-0.05, 0) is 12.8 Å². The monoisotopic (exact) mass is 289 g/mol. The van der Waals surface area contributed by atoms with Crippen LogP contribution in [0.25, 0.3) is 10.5 Å². The van der Waals surface area contributed by atoms with Crippen LogP contribution in [0.3, 0.4) is 0 Å². The topological polar surface area (TPSA) is 46.6 Å². The zero-order valence-electron chi connectivity index (χ0n) is 12.0. The molecule has 0 amide bonds. The lowest BCUT2D eigenvalue weighted by Gasteiger charge is -2.10. The molecule has 2 heterocycles. The molecule has 0 spiro atoms. The van der Waals surface area contributed by atoms with Crippen molar-refractivity contribution in [3.63, 3.8) is 0 Å². The van der Waals surface area contributed by atoms with Crippen molar-refractivity contribution in [1.29, 1.82) is 0 Å². The molecule has 0 saturated heterocycles. The van der Waals surface area contributed by atoms with Gasteiger partial charge in [0.25, 0.3) is 0 Å². The van der Waals surface area contributed by atoms with E-state index in [9.17, 15) is 0 Å². The molecule has 0 radical (unpaired) electrons. The number of nitrogens with one attached hydrogen (secondary N) is 1. The second-order valence-corrected chi connectivity index (χ2v) is 5.61. The molecule has 0 bridgehead atoms. The number of hydrogen-bond acceptors (Lipinski definition) is 3. The molecule has 5 heteroatoms. The van der Waals surface area contributed by atoms with Crippen LogP contribution in [-0.4, -0.2) is 20.6 Å². The molecule has 5 nitrogen and oxygen atoms in total. The summed E-state index contributed by atoms with van der Waals surface area (Å²) in [5.74, 6) is 0.994. The first-order chi connectivity index (χ1) is 10.8. The number of anilines is 1. The molecule has 0 atom stereocenters. The van der Waals surface area contributed by atoms with Gasteiger partial charge in [0.15, 0.2) is 11.3 Å². The molecule has 22 heavy (non-hydrogen) atoms. The highest BCUT2D eigenvalue weighted by molar-refractivity contribution is 5.52. The van der Waals surface area contributed by atoms with Gasteiger partial charge in [-0.2, -0.15) is 9.61 Å². The summed E-state index contributed by atoms with van der Waals surface area (Å²) in [5.41, 5.74) is 3.60. The number of aromatic nitrogens is 3. The predicted octanol–water partition coefficient (Wildman–Crippen LogP) is 3.45. The van der Waals surface area contributed by atoms with Crippen LogP contribution in [0.2, 0.25) is 0 Å². The average Bonchev–Trinajstić information content (AvgIpc) is 3.21. The second kappa shape index (κ2) is 5.15. The van der Waals surface area contributed by atoms with Crippen molar-refractivity contribution < 1.29 is 0 Å². The van der Waals surface area contributed by atoms with E-state index in [0.29, 0.717) is 18.2 Å². The van der Waals surface area contributed by atoms with Crippen LogP contribution in [0.5, 0.6) is 0 Å². The van der Waals surface area contributed by atoms with Gasteiger partial charge in [-0.15, -0.1) is 0 Å². The lowest BCUT2D eigenvalue weighted by molar-refractivity contribution is 0.907. The third-order valence-electron chi connectivity index (χ3n) is 3.77. The van der Waals surface area contributed by atoms with Crippen molar-refractivity contribution in [2.45, 2.75) is 25.3 Å². The Balaban J connectivity index is 1.69. The second-order valence-electron chi connectivity index (χ2n) is 5.61. The Morgan fingerprint density at radius 2 is 2.18 bits per heavy atom. The normalized spacial score (nSPS) is 14.0. The summed E-state index contributed by atoms with van der Waals surface area (Å²) in [6, 6.07) is 12.2. The maximum Gasteiger partial charge on any atom is 0.187 e. The summed E-state index contributed by atoms with van der Waals surface area (Å²) < 4.78 is 1.84. The fourth-order valence-corrected chi connectivity index (χ4v) is 2.54. The van der Waals surface area contributed by atoms with E-state index < -0.39 is 0 Å². The smallest absolute Gasteiger partial charge is 0.187 e. The molecule has 1 fully saturated rings. The van der Waals surface area contributed by atoms with Crippen molar-refractivity contribution in [1.82, 2.24) is 14.6 Å². The number of rotatable bonds is 4. The lowest BCUT2D eigenvalue weighted by atomic mass is 10.1. The molecule has 1 N–H and O–H groups in total. The Hall–Kier alpha value is -2.87. The van der Waals surface area contributed by atoms with Gasteiger partial charge in [0.2, 0.25) is 0 Å². The van der Waals surface area contributed by atoms with E-state index in [2.05, 4.69) is 26.3 Å². The van der Waals surface area contributed by atoms with Crippen LogP contribution in [0, 0.1) is 6.57 Å². The maximum atomic E-state index is 7.11. The molecule has 2 aromatic heterocycles. The van der Waals surface area contributed by atoms with E-state index in [1.165, 1.54) is 12.8 Å². The van der Waals surface area contributed by atoms with Crippen LogP contribution >= 0.6 is 0 Å². The average molecular weight is 289 g/mol. The van der Waals surface area contributed by atoms with E-state index in [0.717, 1.165) is 22.7 Å². The first kappa shape index (κ1) is 12.8. The minimum Gasteiger partial charge on any atom is -0.367 e. The molecule has 4 rings (SSSR count). The quantitative estimate of drug-likeness (QED) is 0.748. The van der Waals surface area contributed by atoms with Crippen molar-refractivity contribution in [2.75, 3.05) is 5.32 Å². The highest BCUT2D eigenvalue weighted by Crippen LogP contribution is 2.26. The van der Waals surface area contributed by atoms with Crippen LogP contribution in [0.15, 0.2) is 42.6 Å². The number of hydrogen-bond donors (Lipinski definition) is 1. The molecule has 1 saturated carbocycles. The van der Waals surface area contributed by atoms with Gasteiger partial charge in [0, 0.05) is 24.6 Å². The first-order valence-electron chi connectivity index (χ1n) is 7.38. The summed E-state index contributed by atoms with van der Waals surface area (Å²) in [4.78, 5) is 8.14. The largest absolute Gasteiger partial charge is 0.367 e. The predicted molar refractivity (Wildman–Crippen MR) is 85.1 cm³/mol. The fourth-order valence-electron chi connectivity index (χ4n) is 2.54. The van der Waals surface area contributed by atoms with E-state index in [1.807, 2.05) is 34.8 Å². The van der Waals surface area contributed by atoms with Gasteiger partial charge in [0.05, 0.1) is 18.5 Å². The van der Waals surface area contributed by atoms with Crippen LogP contribution in [0.1, 0.15) is 24.1 Å². The highest BCUT2D eigenvalue weighted by atomic mass is 15.3. The van der Waals surface area contributed by atoms with Gasteiger partial charge in [-0.25, -0.2) is 9.83 Å². The Morgan fingerprint density at radius 1 is 1.27 bits per heavy atom. The molecule has 1 aliphatic carbocycles. The van der Waals surface area contributed by atoms with E-state index in [-0.39, 0.29) is 0 Å². The molecule has 1 aromatic carbocycles. The minimum absolute atomic E-state index is 0.563. The Morgan fingerprint density at radius 3 is 3.00 bits per heavy atom. The lowest BCUT2D eigenvalue weighted by Crippen LogP contribution is -2.09. The minimum atomic E-state index is 0.563. The van der Waals surface area contributed by atoms with Gasteiger partial charge in [-0.1, -0.05) is 29.8 Å². The van der Waals surface area contributed by atoms with Crippen molar-refractivity contribution >= 4 is 17.2 Å². The van der Waals surface area contributed by atoms with Gasteiger partial charge >= 0.3 is 0 Å². The zero-order chi connectivity index (χ0) is 14.9. The van der Waals surface area contributed by atoms with E-state index in [4.69, 9.17) is 6.57 Å². The summed E-state index contributed by atoms with van der Waals surface area (Å²) in [7, 11) is 0. The van der Waals surface area contributed by atoms with Crippen molar-refractivity contribution in [2.24, 2.45) is 0 Å². The van der Waals surface area contributed by atoms with Crippen molar-refractivity contribution in [3.05, 3.63) is 65.3 Å². The molecule has 0 unspecified atom stereocenters. The summed E-state index contributed by atoms with van der Waals surface area (Å²) in [6.07, 6.45) is 4.91. The first-order valence-corrected chi connectivity index (χ1v) is 7.38. The third-order valence-corrected chi connectivity index (χ3v) is 3.77. The van der Waals surface area contributed by atoms with Crippen LogP contribution in [-0.2, 0) is 6.42 Å². The molecule has 3 aromatic rings. The Labute approximate surface area is 128 Å². The highest BCUT2D eigenvalue weighted by Gasteiger charge is 2.22. The van der Waals surface area contributed by atoms with E-state index in [1.54, 1.807) is 6.20 Å². The molecule has 0 aliphatic heterocycles. The Bertz CT molecular complexity index is 870. The molecular weight excluding hydrogens is 274 g/mol. The van der Waals surface area contributed by atoms with Gasteiger partial charge in [0.1, 0.15) is 5.82 Å².